The van der Waals surface area contributed by atoms with Crippen molar-refractivity contribution in [1.29, 1.82) is 0 Å². The predicted octanol–water partition coefficient (Wildman–Crippen LogP) is 5.41. The molecule has 0 radical (unpaired) electrons. The molecule has 32 heavy (non-hydrogen) atoms. The van der Waals surface area contributed by atoms with Gasteiger partial charge < -0.3 is 4.42 Å². The Morgan fingerprint density at radius 1 is 1.09 bits per heavy atom. The van der Waals surface area contributed by atoms with Crippen LogP contribution in [0.25, 0.3) is 11.3 Å². The van der Waals surface area contributed by atoms with E-state index in [-0.39, 0.29) is 28.8 Å². The minimum absolute atomic E-state index is 0.0216. The first-order chi connectivity index (χ1) is 15.2. The lowest BCUT2D eigenvalue weighted by molar-refractivity contribution is -0.384. The van der Waals surface area contributed by atoms with E-state index in [1.807, 2.05) is 0 Å². The minimum Gasteiger partial charge on any atom is -0.455 e. The number of nitrogens with one attached hydrogen (secondary N) is 1. The van der Waals surface area contributed by atoms with E-state index >= 15 is 0 Å². The van der Waals surface area contributed by atoms with Gasteiger partial charge in [-0.25, -0.2) is 5.43 Å². The monoisotopic (exact) mass is 431 g/mol. The lowest BCUT2D eigenvalue weighted by Gasteiger charge is -2.19. The Morgan fingerprint density at radius 2 is 1.78 bits per heavy atom. The number of hydrogen-bond acceptors (Lipinski definition) is 5. The molecule has 3 aromatic rings. The van der Waals surface area contributed by atoms with Crippen LogP contribution in [0.15, 0.2) is 70.2 Å². The molecule has 0 saturated heterocycles. The first kappa shape index (κ1) is 21.5. The van der Waals surface area contributed by atoms with Gasteiger partial charge in [0.25, 0.3) is 5.69 Å². The highest BCUT2D eigenvalue weighted by molar-refractivity contribution is 5.85. The van der Waals surface area contributed by atoms with Crippen LogP contribution in [0.5, 0.6) is 0 Å². The minimum atomic E-state index is -0.446. The average Bonchev–Trinajstić information content (AvgIpc) is 3.44. The third kappa shape index (κ3) is 4.77. The highest BCUT2D eigenvalue weighted by Gasteiger charge is 2.44. The van der Waals surface area contributed by atoms with Crippen LogP contribution in [0.4, 0.5) is 5.69 Å². The van der Waals surface area contributed by atoms with Crippen LogP contribution in [0.2, 0.25) is 0 Å². The molecular weight excluding hydrogens is 406 g/mol. The van der Waals surface area contributed by atoms with Crippen molar-refractivity contribution in [3.05, 3.63) is 87.7 Å². The van der Waals surface area contributed by atoms with Crippen LogP contribution >= 0.6 is 0 Å². The molecule has 164 valence electrons. The third-order valence-electron chi connectivity index (χ3n) is 5.69. The molecule has 1 aliphatic carbocycles. The molecule has 1 saturated carbocycles. The summed E-state index contributed by atoms with van der Waals surface area (Å²) in [6.45, 7) is 6.55. The molecule has 1 fully saturated rings. The lowest BCUT2D eigenvalue weighted by atomic mass is 9.86. The standard InChI is InChI=1S/C25H25N3O4/c1-25(2,3)18-8-4-16(5-9-18)21-14-22(21)24(29)27-26-15-20-12-13-23(32-20)17-6-10-19(11-7-17)28(30)31/h4-13,15,21-22H,14H2,1-3H3,(H,27,29). The maximum absolute atomic E-state index is 12.4. The highest BCUT2D eigenvalue weighted by Crippen LogP contribution is 2.47. The lowest BCUT2D eigenvalue weighted by Crippen LogP contribution is -2.20. The quantitative estimate of drug-likeness (QED) is 0.321. The molecule has 7 heteroatoms. The fraction of sp³-hybridized carbons (Fsp3) is 0.280. The summed E-state index contributed by atoms with van der Waals surface area (Å²) in [6.07, 6.45) is 2.27. The number of carbonyl (C=O) groups is 1. The Balaban J connectivity index is 1.31. The summed E-state index contributed by atoms with van der Waals surface area (Å²) in [5, 5.41) is 14.8. The van der Waals surface area contributed by atoms with Gasteiger partial charge in [0, 0.05) is 23.6 Å². The highest BCUT2D eigenvalue weighted by atomic mass is 16.6. The Hall–Kier alpha value is -3.74. The molecule has 1 aliphatic rings. The van der Waals surface area contributed by atoms with Gasteiger partial charge in [-0.15, -0.1) is 0 Å². The van der Waals surface area contributed by atoms with Crippen molar-refractivity contribution < 1.29 is 14.1 Å². The Morgan fingerprint density at radius 3 is 2.41 bits per heavy atom. The molecule has 0 bridgehead atoms. The number of hydrogen-bond donors (Lipinski definition) is 1. The Bertz CT molecular complexity index is 1160. The number of non-ortho nitro benzene ring substituents is 1. The van der Waals surface area contributed by atoms with Gasteiger partial charge in [0.1, 0.15) is 11.5 Å². The van der Waals surface area contributed by atoms with E-state index in [0.717, 1.165) is 12.0 Å². The van der Waals surface area contributed by atoms with Crippen molar-refractivity contribution in [2.24, 2.45) is 11.0 Å². The predicted molar refractivity (Wildman–Crippen MR) is 123 cm³/mol. The number of hydrazone groups is 1. The van der Waals surface area contributed by atoms with E-state index in [1.165, 1.54) is 29.5 Å². The molecule has 2 aromatic carbocycles. The number of carbonyl (C=O) groups excluding carboxylic acids is 1. The van der Waals surface area contributed by atoms with E-state index in [1.54, 1.807) is 24.3 Å². The second kappa shape index (κ2) is 8.42. The third-order valence-corrected chi connectivity index (χ3v) is 5.69. The molecule has 1 heterocycles. The molecule has 1 aromatic heterocycles. The van der Waals surface area contributed by atoms with Gasteiger partial charge in [0.05, 0.1) is 11.1 Å². The van der Waals surface area contributed by atoms with Crippen molar-refractivity contribution in [3.63, 3.8) is 0 Å². The van der Waals surface area contributed by atoms with Crippen LogP contribution < -0.4 is 5.43 Å². The molecule has 2 unspecified atom stereocenters. The summed E-state index contributed by atoms with van der Waals surface area (Å²) in [7, 11) is 0. The zero-order valence-electron chi connectivity index (χ0n) is 18.2. The summed E-state index contributed by atoms with van der Waals surface area (Å²) in [5.74, 6) is 1.10. The van der Waals surface area contributed by atoms with E-state index in [0.29, 0.717) is 11.5 Å². The van der Waals surface area contributed by atoms with E-state index in [2.05, 4.69) is 55.6 Å². The van der Waals surface area contributed by atoms with Crippen molar-refractivity contribution in [2.45, 2.75) is 38.5 Å². The molecule has 0 aliphatic heterocycles. The number of nitrogens with zero attached hydrogens (tertiary/aromatic N) is 2. The number of furan rings is 1. The first-order valence-electron chi connectivity index (χ1n) is 10.5. The number of nitro groups is 1. The number of benzene rings is 2. The molecular formula is C25H25N3O4. The summed E-state index contributed by atoms with van der Waals surface area (Å²) >= 11 is 0. The second-order valence-electron chi connectivity index (χ2n) is 9.06. The molecule has 7 nitrogen and oxygen atoms in total. The maximum Gasteiger partial charge on any atom is 0.269 e. The fourth-order valence-electron chi connectivity index (χ4n) is 3.65. The van der Waals surface area contributed by atoms with E-state index in [4.69, 9.17) is 4.42 Å². The van der Waals surface area contributed by atoms with Gasteiger partial charge in [0.2, 0.25) is 5.91 Å². The van der Waals surface area contributed by atoms with Gasteiger partial charge in [-0.05, 0) is 53.1 Å². The topological polar surface area (TPSA) is 97.7 Å². The van der Waals surface area contributed by atoms with Gasteiger partial charge >= 0.3 is 0 Å². The molecule has 0 spiro atoms. The first-order valence-corrected chi connectivity index (χ1v) is 10.5. The van der Waals surface area contributed by atoms with Crippen molar-refractivity contribution in [2.75, 3.05) is 0 Å². The van der Waals surface area contributed by atoms with Crippen molar-refractivity contribution in [3.8, 4) is 11.3 Å². The summed E-state index contributed by atoms with van der Waals surface area (Å²) < 4.78 is 5.69. The smallest absolute Gasteiger partial charge is 0.269 e. The maximum atomic E-state index is 12.4. The van der Waals surface area contributed by atoms with Crippen LogP contribution in [0, 0.1) is 16.0 Å². The van der Waals surface area contributed by atoms with Gasteiger partial charge in [-0.1, -0.05) is 45.0 Å². The summed E-state index contributed by atoms with van der Waals surface area (Å²) in [6, 6.07) is 18.1. The zero-order valence-corrected chi connectivity index (χ0v) is 18.2. The fourth-order valence-corrected chi connectivity index (χ4v) is 3.65. The molecule has 1 N–H and O–H groups in total. The number of amides is 1. The molecule has 2 atom stereocenters. The van der Waals surface area contributed by atoms with Gasteiger partial charge in [-0.2, -0.15) is 5.10 Å². The van der Waals surface area contributed by atoms with Crippen LogP contribution in [-0.4, -0.2) is 17.0 Å². The number of rotatable bonds is 6. The molecule has 1 amide bonds. The van der Waals surface area contributed by atoms with Gasteiger partial charge in [0.15, 0.2) is 0 Å². The van der Waals surface area contributed by atoms with Crippen molar-refractivity contribution >= 4 is 17.8 Å². The summed E-state index contributed by atoms with van der Waals surface area (Å²) in [5.41, 5.74) is 5.90. The molecule has 4 rings (SSSR count). The SMILES string of the molecule is CC(C)(C)c1ccc(C2CC2C(=O)NN=Cc2ccc(-c3ccc([N+](=O)[O-])cc3)o2)cc1. The van der Waals surface area contributed by atoms with E-state index in [9.17, 15) is 14.9 Å². The van der Waals surface area contributed by atoms with Crippen LogP contribution in [-0.2, 0) is 10.2 Å². The van der Waals surface area contributed by atoms with Gasteiger partial charge in [-0.3, -0.25) is 14.9 Å². The summed E-state index contributed by atoms with van der Waals surface area (Å²) in [4.78, 5) is 22.7. The largest absolute Gasteiger partial charge is 0.455 e. The van der Waals surface area contributed by atoms with Crippen molar-refractivity contribution in [1.82, 2.24) is 5.43 Å². The second-order valence-corrected chi connectivity index (χ2v) is 9.06. The Labute approximate surface area is 186 Å². The van der Waals surface area contributed by atoms with E-state index < -0.39 is 4.92 Å². The zero-order chi connectivity index (χ0) is 22.9. The van der Waals surface area contributed by atoms with Crippen LogP contribution in [0.1, 0.15) is 50.0 Å². The number of nitro benzene ring substituents is 1. The van der Waals surface area contributed by atoms with Crippen LogP contribution in [0.3, 0.4) is 0 Å². The normalized spacial score (nSPS) is 18.0. The Kier molecular flexibility index (Phi) is 5.65. The average molecular weight is 431 g/mol.